The van der Waals surface area contributed by atoms with Crippen LogP contribution in [-0.4, -0.2) is 17.2 Å². The van der Waals surface area contributed by atoms with E-state index in [0.29, 0.717) is 11.8 Å². The average molecular weight is 301 g/mol. The molecule has 3 aromatic rings. The fraction of sp³-hybridized carbons (Fsp3) is 0.250. The highest BCUT2D eigenvalue weighted by molar-refractivity contribution is 6.51. The topological polar surface area (TPSA) is 28.7 Å². The van der Waals surface area contributed by atoms with Gasteiger partial charge in [0.15, 0.2) is 0 Å². The molecule has 2 nitrogen and oxygen atoms in total. The first-order valence-corrected chi connectivity index (χ1v) is 8.22. The molecule has 2 aromatic carbocycles. The molecular weight excluding hydrogens is 279 g/mol. The van der Waals surface area contributed by atoms with Gasteiger partial charge < -0.3 is 4.98 Å². The lowest BCUT2D eigenvalue weighted by Gasteiger charge is -2.17. The summed E-state index contributed by atoms with van der Waals surface area (Å²) in [5.74, 6) is 0.827. The number of benzene rings is 2. The van der Waals surface area contributed by atoms with Gasteiger partial charge in [-0.15, -0.1) is 0 Å². The van der Waals surface area contributed by atoms with Crippen molar-refractivity contribution in [3.05, 3.63) is 83.7 Å². The number of hydrogen-bond donors (Lipinski definition) is 1. The van der Waals surface area contributed by atoms with Gasteiger partial charge in [0.05, 0.1) is 5.72 Å². The van der Waals surface area contributed by atoms with E-state index in [0.717, 1.165) is 12.0 Å². The predicted molar refractivity (Wildman–Crippen MR) is 97.6 cm³/mol. The third kappa shape index (κ3) is 3.92. The van der Waals surface area contributed by atoms with Gasteiger partial charge >= 0.3 is 0 Å². The third-order valence-corrected chi connectivity index (χ3v) is 4.19. The van der Waals surface area contributed by atoms with Gasteiger partial charge in [-0.05, 0) is 17.0 Å². The molecule has 3 heteroatoms. The van der Waals surface area contributed by atoms with E-state index in [4.69, 9.17) is 0 Å². The van der Waals surface area contributed by atoms with Gasteiger partial charge in [-0.1, -0.05) is 80.8 Å². The summed E-state index contributed by atoms with van der Waals surface area (Å²) in [4.78, 5) is 7.89. The van der Waals surface area contributed by atoms with Crippen LogP contribution in [0.15, 0.2) is 66.9 Å². The summed E-state index contributed by atoms with van der Waals surface area (Å²) in [5.41, 5.74) is 4.83. The van der Waals surface area contributed by atoms with E-state index in [1.165, 1.54) is 16.8 Å². The first kappa shape index (κ1) is 15.6. The lowest BCUT2D eigenvalue weighted by atomic mass is 9.66. The fourth-order valence-electron chi connectivity index (χ4n) is 2.81. The molecule has 0 saturated carbocycles. The Bertz CT molecular complexity index is 680. The van der Waals surface area contributed by atoms with Gasteiger partial charge in [0, 0.05) is 17.8 Å². The number of imidazole rings is 1. The molecule has 1 radical (unpaired) electrons. The molecule has 115 valence electrons. The molecule has 0 spiro atoms. The Morgan fingerprint density at radius 3 is 1.96 bits per heavy atom. The number of nitrogens with one attached hydrogen (secondary N) is 1. The van der Waals surface area contributed by atoms with Gasteiger partial charge in [0.25, 0.3) is 0 Å². The largest absolute Gasteiger partial charge is 0.354 e. The second-order valence-electron chi connectivity index (χ2n) is 6.19. The van der Waals surface area contributed by atoms with Crippen molar-refractivity contribution in [2.24, 2.45) is 0 Å². The number of rotatable bonds is 6. The van der Waals surface area contributed by atoms with Gasteiger partial charge in [-0.3, -0.25) is 4.98 Å². The zero-order valence-corrected chi connectivity index (χ0v) is 13.7. The van der Waals surface area contributed by atoms with Crippen molar-refractivity contribution in [3.63, 3.8) is 0 Å². The van der Waals surface area contributed by atoms with Crippen molar-refractivity contribution in [3.8, 4) is 0 Å². The van der Waals surface area contributed by atoms with Crippen LogP contribution in [0.1, 0.15) is 42.5 Å². The Hall–Kier alpha value is -2.29. The van der Waals surface area contributed by atoms with Crippen molar-refractivity contribution >= 4 is 13.0 Å². The monoisotopic (exact) mass is 301 g/mol. The Morgan fingerprint density at radius 1 is 0.913 bits per heavy atom. The van der Waals surface area contributed by atoms with Crippen LogP contribution >= 0.6 is 0 Å². The quantitative estimate of drug-likeness (QED) is 0.682. The van der Waals surface area contributed by atoms with Crippen LogP contribution in [0.2, 0.25) is 6.32 Å². The summed E-state index contributed by atoms with van der Waals surface area (Å²) in [7, 11) is 2.20. The summed E-state index contributed by atoms with van der Waals surface area (Å²) >= 11 is 0. The van der Waals surface area contributed by atoms with E-state index in [-0.39, 0.29) is 0 Å². The molecule has 0 unspecified atom stereocenters. The third-order valence-electron chi connectivity index (χ3n) is 4.19. The van der Waals surface area contributed by atoms with Crippen molar-refractivity contribution in [2.45, 2.75) is 32.0 Å². The molecular formula is C20H22BN2. The molecule has 0 fully saturated rings. The molecule has 0 atom stereocenters. The number of H-pyrrole nitrogens is 1. The minimum atomic E-state index is 0.352. The summed E-state index contributed by atoms with van der Waals surface area (Å²) < 4.78 is 0. The van der Waals surface area contributed by atoms with Gasteiger partial charge in [0.1, 0.15) is 0 Å². The summed E-state index contributed by atoms with van der Waals surface area (Å²) in [5, 5.41) is 0. The smallest absolute Gasteiger partial charge is 0.202 e. The van der Waals surface area contributed by atoms with E-state index in [2.05, 4.69) is 91.8 Å². The minimum Gasteiger partial charge on any atom is -0.354 e. The van der Waals surface area contributed by atoms with E-state index < -0.39 is 0 Å². The molecule has 3 rings (SSSR count). The summed E-state index contributed by atoms with van der Waals surface area (Å²) in [6.07, 6.45) is 2.87. The van der Waals surface area contributed by atoms with Crippen LogP contribution in [-0.2, 0) is 0 Å². The SMILES string of the molecule is CC(C)c1cnc([B]CC(c2ccccc2)c2ccccc2)[nH]1. The minimum absolute atomic E-state index is 0.352. The fourth-order valence-corrected chi connectivity index (χ4v) is 2.81. The molecule has 23 heavy (non-hydrogen) atoms. The summed E-state index contributed by atoms with van der Waals surface area (Å²) in [6, 6.07) is 21.4. The maximum atomic E-state index is 4.49. The second kappa shape index (κ2) is 7.32. The lowest BCUT2D eigenvalue weighted by molar-refractivity contribution is 0.834. The maximum absolute atomic E-state index is 4.49. The maximum Gasteiger partial charge on any atom is 0.202 e. The van der Waals surface area contributed by atoms with Crippen LogP contribution in [0.5, 0.6) is 0 Å². The molecule has 0 aliphatic rings. The van der Waals surface area contributed by atoms with E-state index >= 15 is 0 Å². The number of hydrogen-bond acceptors (Lipinski definition) is 1. The normalized spacial score (nSPS) is 11.1. The lowest BCUT2D eigenvalue weighted by Crippen LogP contribution is -2.21. The Balaban J connectivity index is 1.79. The number of nitrogens with zero attached hydrogens (tertiary/aromatic N) is 1. The summed E-state index contributed by atoms with van der Waals surface area (Å²) in [6.45, 7) is 4.35. The van der Waals surface area contributed by atoms with Gasteiger partial charge in [-0.25, -0.2) is 0 Å². The van der Waals surface area contributed by atoms with E-state index in [1.807, 2.05) is 6.20 Å². The molecule has 1 heterocycles. The number of aromatic nitrogens is 2. The van der Waals surface area contributed by atoms with Crippen LogP contribution in [0.4, 0.5) is 0 Å². The van der Waals surface area contributed by atoms with Crippen LogP contribution < -0.4 is 5.72 Å². The van der Waals surface area contributed by atoms with Crippen molar-refractivity contribution in [1.82, 2.24) is 9.97 Å². The zero-order valence-electron chi connectivity index (χ0n) is 13.7. The molecule has 0 aliphatic heterocycles. The Labute approximate surface area is 139 Å². The predicted octanol–water partition coefficient (Wildman–Crippen LogP) is 4.11. The van der Waals surface area contributed by atoms with Crippen LogP contribution in [0, 0.1) is 0 Å². The van der Waals surface area contributed by atoms with Crippen molar-refractivity contribution in [1.29, 1.82) is 0 Å². The molecule has 0 amide bonds. The Morgan fingerprint density at radius 2 is 1.48 bits per heavy atom. The second-order valence-corrected chi connectivity index (χ2v) is 6.19. The molecule has 0 bridgehead atoms. The Kier molecular flexibility index (Phi) is 4.97. The highest BCUT2D eigenvalue weighted by atomic mass is 14.9. The van der Waals surface area contributed by atoms with Crippen LogP contribution in [0.25, 0.3) is 0 Å². The van der Waals surface area contributed by atoms with E-state index in [9.17, 15) is 0 Å². The zero-order chi connectivity index (χ0) is 16.1. The molecule has 1 aromatic heterocycles. The number of aromatic amines is 1. The van der Waals surface area contributed by atoms with Gasteiger partial charge in [0.2, 0.25) is 7.28 Å². The van der Waals surface area contributed by atoms with Crippen molar-refractivity contribution in [2.75, 3.05) is 0 Å². The highest BCUT2D eigenvalue weighted by Gasteiger charge is 2.16. The van der Waals surface area contributed by atoms with Gasteiger partial charge in [-0.2, -0.15) is 0 Å². The first-order chi connectivity index (χ1) is 11.2. The van der Waals surface area contributed by atoms with Crippen LogP contribution in [0.3, 0.4) is 0 Å². The standard InChI is InChI=1S/C20H22BN2/c1-15(2)19-14-22-20(23-19)21-13-18(16-9-5-3-6-10-16)17-11-7-4-8-12-17/h3-12,14-15,18H,13H2,1-2H3,(H,22,23). The molecule has 1 N–H and O–H groups in total. The first-order valence-electron chi connectivity index (χ1n) is 8.22. The van der Waals surface area contributed by atoms with E-state index in [1.54, 1.807) is 0 Å². The van der Waals surface area contributed by atoms with Crippen molar-refractivity contribution < 1.29 is 0 Å². The highest BCUT2D eigenvalue weighted by Crippen LogP contribution is 2.27. The molecule has 0 saturated heterocycles. The average Bonchev–Trinajstić information content (AvgIpc) is 3.06. The molecule has 0 aliphatic carbocycles.